The summed E-state index contributed by atoms with van der Waals surface area (Å²) >= 11 is 1.91. The Morgan fingerprint density at radius 1 is 1.44 bits per heavy atom. The van der Waals surface area contributed by atoms with Gasteiger partial charge >= 0.3 is 0 Å². The number of nitrogens with one attached hydrogen (secondary N) is 1. The number of hydrogen-bond donors (Lipinski definition) is 1. The molecule has 4 heteroatoms. The van der Waals surface area contributed by atoms with Gasteiger partial charge in [-0.3, -0.25) is 4.99 Å². The normalized spacial score (nSPS) is 30.6. The first-order valence-electron chi connectivity index (χ1n) is 7.31. The largest absolute Gasteiger partial charge is 0.359 e. The molecule has 104 valence electrons. The van der Waals surface area contributed by atoms with E-state index in [1.54, 1.807) is 0 Å². The van der Waals surface area contributed by atoms with E-state index in [0.29, 0.717) is 5.54 Å². The summed E-state index contributed by atoms with van der Waals surface area (Å²) in [6, 6.07) is 0. The lowest BCUT2D eigenvalue weighted by Crippen LogP contribution is -2.42. The van der Waals surface area contributed by atoms with Gasteiger partial charge in [-0.1, -0.05) is 25.6 Å². The summed E-state index contributed by atoms with van der Waals surface area (Å²) in [5.41, 5.74) is 0.312. The van der Waals surface area contributed by atoms with Crippen LogP contribution in [0.5, 0.6) is 0 Å². The first kappa shape index (κ1) is 14.2. The fourth-order valence-corrected chi connectivity index (χ4v) is 4.20. The van der Waals surface area contributed by atoms with E-state index in [0.717, 1.165) is 12.5 Å². The van der Waals surface area contributed by atoms with Crippen LogP contribution in [-0.2, 0) is 0 Å². The molecule has 1 unspecified atom stereocenters. The average Bonchev–Trinajstić information content (AvgIpc) is 2.81. The molecule has 2 saturated heterocycles. The Kier molecular flexibility index (Phi) is 4.96. The van der Waals surface area contributed by atoms with Crippen LogP contribution in [0.25, 0.3) is 0 Å². The molecule has 2 aliphatic rings. The van der Waals surface area contributed by atoms with Gasteiger partial charge in [-0.25, -0.2) is 0 Å². The lowest BCUT2D eigenvalue weighted by molar-refractivity contribution is 0.214. The van der Waals surface area contributed by atoms with Crippen LogP contribution in [0, 0.1) is 5.92 Å². The number of nitrogens with zero attached hydrogens (tertiary/aromatic N) is 2. The summed E-state index contributed by atoms with van der Waals surface area (Å²) in [6.45, 7) is 8.03. The minimum absolute atomic E-state index is 0.312. The van der Waals surface area contributed by atoms with E-state index in [1.165, 1.54) is 49.7 Å². The van der Waals surface area contributed by atoms with Gasteiger partial charge in [0.1, 0.15) is 0 Å². The Bertz CT molecular complexity index is 299. The molecular weight excluding hydrogens is 242 g/mol. The molecule has 0 bridgehead atoms. The lowest BCUT2D eigenvalue weighted by atomic mass is 9.96. The molecule has 18 heavy (non-hydrogen) atoms. The van der Waals surface area contributed by atoms with Gasteiger partial charge < -0.3 is 10.2 Å². The minimum atomic E-state index is 0.312. The van der Waals surface area contributed by atoms with Crippen molar-refractivity contribution < 1.29 is 0 Å². The molecule has 1 atom stereocenters. The zero-order chi connectivity index (χ0) is 13.0. The second-order valence-electron chi connectivity index (χ2n) is 5.82. The smallest absolute Gasteiger partial charge is 0.157 e. The van der Waals surface area contributed by atoms with Crippen LogP contribution in [0.1, 0.15) is 39.5 Å². The molecule has 2 rings (SSSR count). The fraction of sp³-hybridized carbons (Fsp3) is 0.929. The van der Waals surface area contributed by atoms with Crippen molar-refractivity contribution in [3.63, 3.8) is 0 Å². The van der Waals surface area contributed by atoms with Gasteiger partial charge in [0.2, 0.25) is 0 Å². The summed E-state index contributed by atoms with van der Waals surface area (Å²) in [7, 11) is 2.22. The number of piperidine rings is 1. The van der Waals surface area contributed by atoms with Gasteiger partial charge in [-0.05, 0) is 45.2 Å². The third-order valence-corrected chi connectivity index (χ3v) is 5.63. The highest BCUT2D eigenvalue weighted by Gasteiger charge is 2.33. The number of rotatable bonds is 4. The Balaban J connectivity index is 1.83. The van der Waals surface area contributed by atoms with Gasteiger partial charge in [0.25, 0.3) is 0 Å². The molecule has 2 heterocycles. The van der Waals surface area contributed by atoms with E-state index >= 15 is 0 Å². The highest BCUT2D eigenvalue weighted by molar-refractivity contribution is 8.14. The summed E-state index contributed by atoms with van der Waals surface area (Å²) in [4.78, 5) is 7.25. The molecule has 0 radical (unpaired) electrons. The van der Waals surface area contributed by atoms with Gasteiger partial charge in [-0.2, -0.15) is 0 Å². The maximum atomic E-state index is 4.81. The van der Waals surface area contributed by atoms with Crippen molar-refractivity contribution in [1.82, 2.24) is 10.2 Å². The van der Waals surface area contributed by atoms with Gasteiger partial charge in [0, 0.05) is 24.4 Å². The maximum Gasteiger partial charge on any atom is 0.157 e. The molecule has 0 aromatic rings. The predicted molar refractivity (Wildman–Crippen MR) is 81.4 cm³/mol. The second-order valence-corrected chi connectivity index (χ2v) is 6.78. The molecule has 2 fully saturated rings. The SMILES string of the molecule is CCC1(CC)CSC(=NCC2CCCN(C)C2)N1. The van der Waals surface area contributed by atoms with E-state index in [4.69, 9.17) is 4.99 Å². The van der Waals surface area contributed by atoms with Crippen molar-refractivity contribution in [2.75, 3.05) is 32.4 Å². The third-order valence-electron chi connectivity index (χ3n) is 4.43. The Morgan fingerprint density at radius 2 is 2.22 bits per heavy atom. The Morgan fingerprint density at radius 3 is 2.83 bits per heavy atom. The van der Waals surface area contributed by atoms with E-state index < -0.39 is 0 Å². The molecular formula is C14H27N3S. The van der Waals surface area contributed by atoms with Crippen LogP contribution in [0.3, 0.4) is 0 Å². The fourth-order valence-electron chi connectivity index (χ4n) is 2.86. The maximum absolute atomic E-state index is 4.81. The van der Waals surface area contributed by atoms with Gasteiger partial charge in [-0.15, -0.1) is 0 Å². The molecule has 3 nitrogen and oxygen atoms in total. The molecule has 0 aromatic carbocycles. The van der Waals surface area contributed by atoms with Crippen molar-refractivity contribution in [3.05, 3.63) is 0 Å². The van der Waals surface area contributed by atoms with Crippen LogP contribution in [0.2, 0.25) is 0 Å². The first-order valence-corrected chi connectivity index (χ1v) is 8.30. The third kappa shape index (κ3) is 3.41. The Labute approximate surface area is 116 Å². The molecule has 2 aliphatic heterocycles. The zero-order valence-electron chi connectivity index (χ0n) is 12.0. The Hall–Kier alpha value is -0.220. The average molecular weight is 269 g/mol. The van der Waals surface area contributed by atoms with E-state index in [-0.39, 0.29) is 0 Å². The van der Waals surface area contributed by atoms with Crippen molar-refractivity contribution in [1.29, 1.82) is 0 Å². The van der Waals surface area contributed by atoms with E-state index in [1.807, 2.05) is 11.8 Å². The quantitative estimate of drug-likeness (QED) is 0.850. The van der Waals surface area contributed by atoms with E-state index in [9.17, 15) is 0 Å². The van der Waals surface area contributed by atoms with Crippen LogP contribution in [-0.4, -0.2) is 48.0 Å². The number of amidine groups is 1. The minimum Gasteiger partial charge on any atom is -0.359 e. The monoisotopic (exact) mass is 269 g/mol. The first-order chi connectivity index (χ1) is 8.67. The van der Waals surface area contributed by atoms with Crippen molar-refractivity contribution in [2.45, 2.75) is 45.1 Å². The topological polar surface area (TPSA) is 27.6 Å². The standard InChI is InChI=1S/C14H27N3S/c1-4-14(5-2)11-18-13(16-14)15-9-12-7-6-8-17(3)10-12/h12H,4-11H2,1-3H3,(H,15,16). The molecule has 1 N–H and O–H groups in total. The van der Waals surface area contributed by atoms with Crippen molar-refractivity contribution in [2.24, 2.45) is 10.9 Å². The number of aliphatic imine (C=N–C) groups is 1. The molecule has 0 spiro atoms. The molecule has 0 amide bonds. The van der Waals surface area contributed by atoms with Crippen molar-refractivity contribution >= 4 is 16.9 Å². The van der Waals surface area contributed by atoms with Crippen LogP contribution in [0.15, 0.2) is 4.99 Å². The van der Waals surface area contributed by atoms with Gasteiger partial charge in [0.15, 0.2) is 5.17 Å². The summed E-state index contributed by atoms with van der Waals surface area (Å²) in [5.74, 6) is 1.94. The number of hydrogen-bond acceptors (Lipinski definition) is 3. The lowest BCUT2D eigenvalue weighted by Gasteiger charge is -2.28. The summed E-state index contributed by atoms with van der Waals surface area (Å²) < 4.78 is 0. The molecule has 0 aliphatic carbocycles. The second kappa shape index (κ2) is 6.29. The van der Waals surface area contributed by atoms with E-state index in [2.05, 4.69) is 31.1 Å². The van der Waals surface area contributed by atoms with Crippen LogP contribution in [0.4, 0.5) is 0 Å². The zero-order valence-corrected chi connectivity index (χ0v) is 12.9. The molecule has 0 saturated carbocycles. The predicted octanol–water partition coefficient (Wildman–Crippen LogP) is 2.58. The highest BCUT2D eigenvalue weighted by Crippen LogP contribution is 2.29. The highest BCUT2D eigenvalue weighted by atomic mass is 32.2. The summed E-state index contributed by atoms with van der Waals surface area (Å²) in [6.07, 6.45) is 5.07. The van der Waals surface area contributed by atoms with Gasteiger partial charge in [0.05, 0.1) is 0 Å². The van der Waals surface area contributed by atoms with Crippen LogP contribution < -0.4 is 5.32 Å². The van der Waals surface area contributed by atoms with Crippen LogP contribution >= 0.6 is 11.8 Å². The number of likely N-dealkylation sites (tertiary alicyclic amines) is 1. The molecule has 0 aromatic heterocycles. The summed E-state index contributed by atoms with van der Waals surface area (Å²) in [5, 5.41) is 4.84. The number of thioether (sulfide) groups is 1. The van der Waals surface area contributed by atoms with Crippen molar-refractivity contribution in [3.8, 4) is 0 Å².